The van der Waals surface area contributed by atoms with E-state index in [0.717, 1.165) is 15.7 Å². The maximum absolute atomic E-state index is 13.3. The lowest BCUT2D eigenvalue weighted by Gasteiger charge is -2.23. The van der Waals surface area contributed by atoms with Gasteiger partial charge in [-0.05, 0) is 42.0 Å². The quantitative estimate of drug-likeness (QED) is 0.459. The van der Waals surface area contributed by atoms with E-state index >= 15 is 0 Å². The van der Waals surface area contributed by atoms with Gasteiger partial charge in [0, 0.05) is 21.5 Å². The van der Waals surface area contributed by atoms with Crippen LogP contribution in [-0.2, 0) is 0 Å². The van der Waals surface area contributed by atoms with Crippen LogP contribution in [0.3, 0.4) is 0 Å². The van der Waals surface area contributed by atoms with Crippen LogP contribution in [0.2, 0.25) is 10.0 Å². The number of hydrogen-bond donors (Lipinski definition) is 1. The van der Waals surface area contributed by atoms with E-state index in [-0.39, 0.29) is 16.7 Å². The molecule has 1 atom stereocenters. The van der Waals surface area contributed by atoms with Crippen molar-refractivity contribution in [1.82, 2.24) is 5.01 Å². The number of carbonyl (C=O) groups is 1. The zero-order valence-electron chi connectivity index (χ0n) is 15.0. The summed E-state index contributed by atoms with van der Waals surface area (Å²) in [5.41, 5.74) is 2.59. The number of nitrogens with zero attached hydrogens (tertiary/aromatic N) is 2. The van der Waals surface area contributed by atoms with Crippen molar-refractivity contribution < 1.29 is 9.90 Å². The number of amides is 1. The highest BCUT2D eigenvalue weighted by atomic mass is 79.9. The molecule has 3 aromatic carbocycles. The number of rotatable bonds is 3. The van der Waals surface area contributed by atoms with E-state index in [0.29, 0.717) is 22.6 Å². The molecule has 0 fully saturated rings. The van der Waals surface area contributed by atoms with Crippen LogP contribution in [0.5, 0.6) is 5.75 Å². The number of phenols is 1. The average molecular weight is 490 g/mol. The van der Waals surface area contributed by atoms with E-state index in [4.69, 9.17) is 23.2 Å². The summed E-state index contributed by atoms with van der Waals surface area (Å²) >= 11 is 15.7. The molecule has 1 aliphatic heterocycles. The molecular weight excluding hydrogens is 475 g/mol. The summed E-state index contributed by atoms with van der Waals surface area (Å²) in [7, 11) is 0. The van der Waals surface area contributed by atoms with E-state index in [1.54, 1.807) is 30.3 Å². The lowest BCUT2D eigenvalue weighted by molar-refractivity contribution is 0.0710. The van der Waals surface area contributed by atoms with E-state index in [2.05, 4.69) is 21.0 Å². The molecule has 0 saturated carbocycles. The smallest absolute Gasteiger partial charge is 0.276 e. The standard InChI is InChI=1S/C22H15BrCl2N2O2/c23-14-7-5-13(6-8-14)19-12-20(17-3-1-2-4-21(17)28)27(26-19)22(29)16-10-9-15(24)11-18(16)25/h1-11,20,28H,12H2. The third-order valence-corrected chi connectivity index (χ3v) is 5.83. The Morgan fingerprint density at radius 2 is 1.79 bits per heavy atom. The van der Waals surface area contributed by atoms with Gasteiger partial charge >= 0.3 is 0 Å². The number of halogens is 3. The van der Waals surface area contributed by atoms with Crippen molar-refractivity contribution in [2.45, 2.75) is 12.5 Å². The molecule has 0 radical (unpaired) electrons. The number of carbonyl (C=O) groups excluding carboxylic acids is 1. The summed E-state index contributed by atoms with van der Waals surface area (Å²) < 4.78 is 0.956. The van der Waals surface area contributed by atoms with Gasteiger partial charge in [-0.15, -0.1) is 0 Å². The van der Waals surface area contributed by atoms with Gasteiger partial charge in [0.05, 0.1) is 22.3 Å². The fourth-order valence-electron chi connectivity index (χ4n) is 3.31. The van der Waals surface area contributed by atoms with Gasteiger partial charge in [-0.1, -0.05) is 69.5 Å². The van der Waals surface area contributed by atoms with Gasteiger partial charge in [-0.2, -0.15) is 5.10 Å². The summed E-state index contributed by atoms with van der Waals surface area (Å²) in [5.74, 6) is -0.239. The lowest BCUT2D eigenvalue weighted by atomic mass is 9.97. The molecule has 1 heterocycles. The number of aromatic hydroxyl groups is 1. The molecule has 0 aliphatic carbocycles. The predicted octanol–water partition coefficient (Wildman–Crippen LogP) is 6.45. The maximum Gasteiger partial charge on any atom is 0.276 e. The van der Waals surface area contributed by atoms with Gasteiger partial charge in [0.1, 0.15) is 5.75 Å². The van der Waals surface area contributed by atoms with Crippen LogP contribution in [0, 0.1) is 0 Å². The number of hydrazone groups is 1. The summed E-state index contributed by atoms with van der Waals surface area (Å²) in [6, 6.07) is 19.0. The van der Waals surface area contributed by atoms with Crippen LogP contribution in [0.4, 0.5) is 0 Å². The minimum atomic E-state index is -0.450. The van der Waals surface area contributed by atoms with Gasteiger partial charge in [0.15, 0.2) is 0 Å². The fourth-order valence-corrected chi connectivity index (χ4v) is 4.07. The Bertz CT molecular complexity index is 1120. The normalized spacial score (nSPS) is 16.0. The Kier molecular flexibility index (Phi) is 5.63. The second-order valence-electron chi connectivity index (χ2n) is 6.61. The topological polar surface area (TPSA) is 52.9 Å². The number of benzene rings is 3. The monoisotopic (exact) mass is 488 g/mol. The highest BCUT2D eigenvalue weighted by molar-refractivity contribution is 9.10. The molecule has 4 rings (SSSR count). The number of hydrogen-bond acceptors (Lipinski definition) is 3. The van der Waals surface area contributed by atoms with Crippen LogP contribution in [0.25, 0.3) is 0 Å². The molecule has 7 heteroatoms. The Morgan fingerprint density at radius 1 is 1.07 bits per heavy atom. The van der Waals surface area contributed by atoms with Crippen LogP contribution >= 0.6 is 39.1 Å². The van der Waals surface area contributed by atoms with Gasteiger partial charge in [0.2, 0.25) is 0 Å². The summed E-state index contributed by atoms with van der Waals surface area (Å²) in [5, 5.41) is 17.1. The van der Waals surface area contributed by atoms with Crippen molar-refractivity contribution >= 4 is 50.8 Å². The molecule has 1 amide bonds. The maximum atomic E-state index is 13.3. The first-order valence-electron chi connectivity index (χ1n) is 8.84. The highest BCUT2D eigenvalue weighted by Gasteiger charge is 2.35. The van der Waals surface area contributed by atoms with Gasteiger partial charge < -0.3 is 5.11 Å². The van der Waals surface area contributed by atoms with Gasteiger partial charge in [-0.25, -0.2) is 5.01 Å². The van der Waals surface area contributed by atoms with Crippen molar-refractivity contribution in [2.75, 3.05) is 0 Å². The van der Waals surface area contributed by atoms with Crippen molar-refractivity contribution in [1.29, 1.82) is 0 Å². The molecule has 0 aromatic heterocycles. The van der Waals surface area contributed by atoms with E-state index in [1.165, 1.54) is 11.1 Å². The van der Waals surface area contributed by atoms with E-state index in [1.807, 2.05) is 30.3 Å². The largest absolute Gasteiger partial charge is 0.508 e. The first kappa shape index (κ1) is 20.0. The molecule has 1 N–H and O–H groups in total. The Morgan fingerprint density at radius 3 is 2.48 bits per heavy atom. The minimum absolute atomic E-state index is 0.116. The van der Waals surface area contributed by atoms with Crippen LogP contribution in [0.1, 0.15) is 33.9 Å². The molecule has 1 unspecified atom stereocenters. The molecule has 4 nitrogen and oxygen atoms in total. The van der Waals surface area contributed by atoms with Gasteiger partial charge in [0.25, 0.3) is 5.91 Å². The van der Waals surface area contributed by atoms with E-state index < -0.39 is 6.04 Å². The molecule has 0 bridgehead atoms. The third kappa shape index (κ3) is 4.04. The average Bonchev–Trinajstić information content (AvgIpc) is 3.13. The summed E-state index contributed by atoms with van der Waals surface area (Å²) in [6.45, 7) is 0. The SMILES string of the molecule is O=C(c1ccc(Cl)cc1Cl)N1N=C(c2ccc(Br)cc2)CC1c1ccccc1O. The Labute approximate surface area is 186 Å². The molecular formula is C22H15BrCl2N2O2. The highest BCUT2D eigenvalue weighted by Crippen LogP contribution is 2.38. The molecule has 3 aromatic rings. The second-order valence-corrected chi connectivity index (χ2v) is 8.37. The first-order valence-corrected chi connectivity index (χ1v) is 10.4. The van der Waals surface area contributed by atoms with Crippen molar-refractivity contribution in [3.8, 4) is 5.75 Å². The van der Waals surface area contributed by atoms with Gasteiger partial charge in [-0.3, -0.25) is 4.79 Å². The molecule has 0 saturated heterocycles. The predicted molar refractivity (Wildman–Crippen MR) is 119 cm³/mol. The lowest BCUT2D eigenvalue weighted by Crippen LogP contribution is -2.27. The Balaban J connectivity index is 1.77. The number of para-hydroxylation sites is 1. The summed E-state index contributed by atoms with van der Waals surface area (Å²) in [6.07, 6.45) is 0.468. The zero-order valence-corrected chi connectivity index (χ0v) is 18.1. The molecule has 0 spiro atoms. The Hall–Kier alpha value is -2.34. The molecule has 146 valence electrons. The third-order valence-electron chi connectivity index (χ3n) is 4.75. The zero-order chi connectivity index (χ0) is 20.5. The summed E-state index contributed by atoms with van der Waals surface area (Å²) in [4.78, 5) is 13.3. The second kappa shape index (κ2) is 8.19. The van der Waals surface area contributed by atoms with Crippen molar-refractivity contribution in [3.63, 3.8) is 0 Å². The van der Waals surface area contributed by atoms with Crippen molar-refractivity contribution in [3.05, 3.63) is 97.9 Å². The fraction of sp³-hybridized carbons (Fsp3) is 0.0909. The van der Waals surface area contributed by atoms with Crippen molar-refractivity contribution in [2.24, 2.45) is 5.10 Å². The molecule has 29 heavy (non-hydrogen) atoms. The van der Waals surface area contributed by atoms with Crippen LogP contribution in [0.15, 0.2) is 76.3 Å². The van der Waals surface area contributed by atoms with Crippen LogP contribution in [-0.4, -0.2) is 21.7 Å². The van der Waals surface area contributed by atoms with E-state index in [9.17, 15) is 9.90 Å². The number of phenolic OH excluding ortho intramolecular Hbond substituents is 1. The van der Waals surface area contributed by atoms with Crippen LogP contribution < -0.4 is 0 Å². The first-order chi connectivity index (χ1) is 13.9. The molecule has 1 aliphatic rings. The minimum Gasteiger partial charge on any atom is -0.508 e.